The molecule has 1 aliphatic carbocycles. The minimum atomic E-state index is -0.869. The largest absolute Gasteiger partial charge is 0.478 e. The second kappa shape index (κ2) is 6.63. The van der Waals surface area contributed by atoms with Crippen molar-refractivity contribution in [2.75, 3.05) is 0 Å². The molecule has 0 bridgehead atoms. The molecule has 1 N–H and O–H groups in total. The van der Waals surface area contributed by atoms with Crippen molar-refractivity contribution in [3.05, 3.63) is 93.5 Å². The maximum Gasteiger partial charge on any atom is 0.335 e. The highest BCUT2D eigenvalue weighted by Crippen LogP contribution is 2.53. The third-order valence-corrected chi connectivity index (χ3v) is 6.40. The fourth-order valence-corrected chi connectivity index (χ4v) is 4.54. The molecule has 0 aliphatic heterocycles. The maximum atomic E-state index is 11.8. The molecule has 0 atom stereocenters. The Hall–Kier alpha value is -2.87. The first-order valence-electron chi connectivity index (χ1n) is 10.0. The maximum absolute atomic E-state index is 11.8. The molecule has 2 nitrogen and oxygen atoms in total. The van der Waals surface area contributed by atoms with Crippen molar-refractivity contribution in [2.45, 2.75) is 46.0 Å². The van der Waals surface area contributed by atoms with Crippen LogP contribution in [-0.4, -0.2) is 11.1 Å². The summed E-state index contributed by atoms with van der Waals surface area (Å²) in [6.07, 6.45) is 1.96. The van der Waals surface area contributed by atoms with Gasteiger partial charge in [0.1, 0.15) is 0 Å². The zero-order valence-corrected chi connectivity index (χ0v) is 17.0. The number of fused-ring (bicyclic) bond motifs is 3. The Kier molecular flexibility index (Phi) is 4.38. The van der Waals surface area contributed by atoms with E-state index < -0.39 is 5.97 Å². The molecular formula is C26H26O2. The van der Waals surface area contributed by atoms with Crippen molar-refractivity contribution in [2.24, 2.45) is 0 Å². The molecule has 2 heteroatoms. The van der Waals surface area contributed by atoms with Gasteiger partial charge < -0.3 is 5.11 Å². The Morgan fingerprint density at radius 1 is 0.857 bits per heavy atom. The van der Waals surface area contributed by atoms with Gasteiger partial charge in [0.2, 0.25) is 0 Å². The summed E-state index contributed by atoms with van der Waals surface area (Å²) in [5.41, 5.74) is 9.53. The van der Waals surface area contributed by atoms with E-state index in [1.54, 1.807) is 0 Å². The third-order valence-electron chi connectivity index (χ3n) is 6.40. The van der Waals surface area contributed by atoms with Crippen molar-refractivity contribution >= 4 is 5.97 Å². The summed E-state index contributed by atoms with van der Waals surface area (Å²) in [7, 11) is 0. The molecule has 28 heavy (non-hydrogen) atoms. The van der Waals surface area contributed by atoms with Crippen LogP contribution in [0, 0.1) is 6.92 Å². The van der Waals surface area contributed by atoms with Gasteiger partial charge >= 0.3 is 5.97 Å². The van der Waals surface area contributed by atoms with Gasteiger partial charge in [-0.2, -0.15) is 0 Å². The number of carbonyl (C=O) groups is 1. The summed E-state index contributed by atoms with van der Waals surface area (Å²) >= 11 is 0. The normalized spacial score (nSPS) is 13.9. The molecule has 0 amide bonds. The average molecular weight is 370 g/mol. The number of carboxylic acids is 1. The number of hydrogen-bond acceptors (Lipinski definition) is 1. The number of hydrogen-bond donors (Lipinski definition) is 1. The van der Waals surface area contributed by atoms with Crippen LogP contribution in [0.3, 0.4) is 0 Å². The Balaban J connectivity index is 2.05. The van der Waals surface area contributed by atoms with E-state index in [1.807, 2.05) is 19.1 Å². The fraction of sp³-hybridized carbons (Fsp3) is 0.269. The van der Waals surface area contributed by atoms with Gasteiger partial charge in [0.05, 0.1) is 5.56 Å². The van der Waals surface area contributed by atoms with Crippen LogP contribution >= 0.6 is 0 Å². The molecule has 4 rings (SSSR count). The third kappa shape index (κ3) is 2.59. The Morgan fingerprint density at radius 3 is 1.86 bits per heavy atom. The SMILES string of the molecule is CCc1ccc2c(c1)C(C)(c1ccc(C)c(C(=O)O)c1)c1cc(CC)ccc1-2. The Morgan fingerprint density at radius 2 is 1.39 bits per heavy atom. The van der Waals surface area contributed by atoms with Gasteiger partial charge in [-0.15, -0.1) is 0 Å². The highest BCUT2D eigenvalue weighted by molar-refractivity contribution is 5.90. The summed E-state index contributed by atoms with van der Waals surface area (Å²) in [5.74, 6) is -0.869. The molecule has 3 aromatic rings. The standard InChI is InChI=1S/C26H26O2/c1-5-17-8-11-20-21-12-9-18(6-2)14-24(21)26(4,23(20)13-17)19-10-7-16(3)22(15-19)25(27)28/h7-15H,5-6H2,1-4H3,(H,27,28). The molecule has 142 valence electrons. The number of aryl methyl sites for hydroxylation is 3. The molecule has 0 radical (unpaired) electrons. The monoisotopic (exact) mass is 370 g/mol. The van der Waals surface area contributed by atoms with Crippen LogP contribution in [0.1, 0.15) is 64.5 Å². The molecule has 0 aromatic heterocycles. The van der Waals surface area contributed by atoms with Crippen LogP contribution < -0.4 is 0 Å². The van der Waals surface area contributed by atoms with Gasteiger partial charge in [0.25, 0.3) is 0 Å². The molecule has 0 saturated carbocycles. The zero-order chi connectivity index (χ0) is 20.1. The Bertz CT molecular complexity index is 1040. The lowest BCUT2D eigenvalue weighted by Crippen LogP contribution is -2.23. The highest BCUT2D eigenvalue weighted by Gasteiger charge is 2.41. The first-order valence-corrected chi connectivity index (χ1v) is 10.0. The second-order valence-electron chi connectivity index (χ2n) is 7.93. The van der Waals surface area contributed by atoms with Crippen LogP contribution in [0.2, 0.25) is 0 Å². The van der Waals surface area contributed by atoms with Gasteiger partial charge in [-0.3, -0.25) is 0 Å². The molecule has 0 heterocycles. The van der Waals surface area contributed by atoms with Crippen LogP contribution in [0.15, 0.2) is 54.6 Å². The molecular weight excluding hydrogens is 344 g/mol. The molecule has 1 aliphatic rings. The average Bonchev–Trinajstić information content (AvgIpc) is 2.96. The predicted molar refractivity (Wildman–Crippen MR) is 114 cm³/mol. The van der Waals surface area contributed by atoms with E-state index in [0.717, 1.165) is 24.0 Å². The van der Waals surface area contributed by atoms with Crippen LogP contribution in [0.25, 0.3) is 11.1 Å². The van der Waals surface area contributed by atoms with E-state index >= 15 is 0 Å². The first-order chi connectivity index (χ1) is 13.4. The first kappa shape index (κ1) is 18.5. The quantitative estimate of drug-likeness (QED) is 0.598. The number of rotatable bonds is 4. The number of aromatic carboxylic acids is 1. The van der Waals surface area contributed by atoms with E-state index in [-0.39, 0.29) is 5.41 Å². The minimum absolute atomic E-state index is 0.362. The van der Waals surface area contributed by atoms with Crippen LogP contribution in [-0.2, 0) is 18.3 Å². The lowest BCUT2D eigenvalue weighted by Gasteiger charge is -2.29. The lowest BCUT2D eigenvalue weighted by molar-refractivity contribution is 0.0696. The molecule has 0 saturated heterocycles. The smallest absolute Gasteiger partial charge is 0.335 e. The van der Waals surface area contributed by atoms with E-state index in [9.17, 15) is 9.90 Å². The predicted octanol–water partition coefficient (Wildman–Crippen LogP) is 6.15. The van der Waals surface area contributed by atoms with Crippen LogP contribution in [0.5, 0.6) is 0 Å². The van der Waals surface area contributed by atoms with E-state index in [0.29, 0.717) is 5.56 Å². The molecule has 0 fully saturated rings. The van der Waals surface area contributed by atoms with Gasteiger partial charge in [0, 0.05) is 5.41 Å². The second-order valence-corrected chi connectivity index (χ2v) is 7.93. The topological polar surface area (TPSA) is 37.3 Å². The molecule has 0 unspecified atom stereocenters. The highest BCUT2D eigenvalue weighted by atomic mass is 16.4. The minimum Gasteiger partial charge on any atom is -0.478 e. The zero-order valence-electron chi connectivity index (χ0n) is 17.0. The summed E-state index contributed by atoms with van der Waals surface area (Å²) in [4.78, 5) is 11.8. The van der Waals surface area contributed by atoms with Crippen molar-refractivity contribution in [3.63, 3.8) is 0 Å². The molecule has 3 aromatic carbocycles. The van der Waals surface area contributed by atoms with Crippen LogP contribution in [0.4, 0.5) is 0 Å². The van der Waals surface area contributed by atoms with Crippen molar-refractivity contribution in [1.82, 2.24) is 0 Å². The number of benzene rings is 3. The van der Waals surface area contributed by atoms with Crippen molar-refractivity contribution in [1.29, 1.82) is 0 Å². The van der Waals surface area contributed by atoms with Gasteiger partial charge in [0.15, 0.2) is 0 Å². The Labute approximate surface area is 166 Å². The van der Waals surface area contributed by atoms with E-state index in [4.69, 9.17) is 0 Å². The summed E-state index contributed by atoms with van der Waals surface area (Å²) in [5, 5.41) is 9.67. The summed E-state index contributed by atoms with van der Waals surface area (Å²) < 4.78 is 0. The summed E-state index contributed by atoms with van der Waals surface area (Å²) in [6, 6.07) is 19.4. The van der Waals surface area contributed by atoms with Crippen molar-refractivity contribution in [3.8, 4) is 11.1 Å². The molecule has 0 spiro atoms. The van der Waals surface area contributed by atoms with E-state index in [2.05, 4.69) is 63.2 Å². The van der Waals surface area contributed by atoms with Gasteiger partial charge in [-0.25, -0.2) is 4.79 Å². The summed E-state index contributed by atoms with van der Waals surface area (Å²) in [6.45, 7) is 8.44. The van der Waals surface area contributed by atoms with Crippen molar-refractivity contribution < 1.29 is 9.90 Å². The van der Waals surface area contributed by atoms with Gasteiger partial charge in [-0.05, 0) is 77.3 Å². The van der Waals surface area contributed by atoms with E-state index in [1.165, 1.54) is 33.4 Å². The fourth-order valence-electron chi connectivity index (χ4n) is 4.54. The van der Waals surface area contributed by atoms with Gasteiger partial charge in [-0.1, -0.05) is 62.4 Å². The number of carboxylic acid groups (broad SMARTS) is 1. The lowest BCUT2D eigenvalue weighted by atomic mass is 9.73.